The van der Waals surface area contributed by atoms with E-state index in [1.54, 1.807) is 17.9 Å². The number of nitrogens with one attached hydrogen (secondary N) is 1. The van der Waals surface area contributed by atoms with E-state index < -0.39 is 41.7 Å². The van der Waals surface area contributed by atoms with Crippen molar-refractivity contribution in [2.75, 3.05) is 31.1 Å². The van der Waals surface area contributed by atoms with Crippen molar-refractivity contribution >= 4 is 45.3 Å². The van der Waals surface area contributed by atoms with Crippen molar-refractivity contribution in [3.63, 3.8) is 0 Å². The number of likely N-dealkylation sites (tertiary alicyclic amines) is 1. The fraction of sp³-hybridized carbons (Fsp3) is 0.533. The second kappa shape index (κ2) is 11.7. The SMILES string of the molecule is Cc1ccc(C)c(N2C/C=C\CCC(=O)NC[C@@H](C)OC(=O)[C@@H]3[C@H]4O[C@@]5(C=C4Br)[C@H](C2=O)N(CCCO)C(=O)[C@@H]35)c1. The normalized spacial score (nSPS) is 33.0. The molecule has 10 nitrogen and oxygen atoms in total. The minimum atomic E-state index is -1.39. The van der Waals surface area contributed by atoms with Crippen molar-refractivity contribution in [1.82, 2.24) is 10.2 Å². The molecule has 4 aliphatic heterocycles. The van der Waals surface area contributed by atoms with Gasteiger partial charge in [-0.05, 0) is 56.9 Å². The first-order chi connectivity index (χ1) is 19.6. The zero-order valence-corrected chi connectivity index (χ0v) is 25.1. The number of hydrogen-bond donors (Lipinski definition) is 2. The molecule has 0 unspecified atom stereocenters. The number of carbonyl (C=O) groups excluding carboxylic acids is 4. The number of nitrogens with zero attached hydrogens (tertiary/aromatic N) is 2. The molecule has 2 fully saturated rings. The number of allylic oxidation sites excluding steroid dienone is 1. The Balaban J connectivity index is 1.64. The number of esters is 1. The van der Waals surface area contributed by atoms with Crippen LogP contribution in [0.15, 0.2) is 40.9 Å². The third-order valence-corrected chi connectivity index (χ3v) is 8.99. The average Bonchev–Trinajstić information content (AvgIpc) is 3.52. The molecule has 1 spiro atoms. The van der Waals surface area contributed by atoms with Gasteiger partial charge in [-0.3, -0.25) is 19.2 Å². The van der Waals surface area contributed by atoms with Crippen molar-refractivity contribution in [2.24, 2.45) is 11.8 Å². The Morgan fingerprint density at radius 3 is 2.68 bits per heavy atom. The molecule has 0 radical (unpaired) electrons. The molecule has 2 N–H and O–H groups in total. The molecule has 4 aliphatic rings. The minimum absolute atomic E-state index is 0.129. The molecular weight excluding hydrogens is 594 g/mol. The Morgan fingerprint density at radius 1 is 1.15 bits per heavy atom. The first-order valence-corrected chi connectivity index (χ1v) is 14.9. The second-order valence-corrected chi connectivity index (χ2v) is 12.2. The molecule has 2 saturated heterocycles. The van der Waals surface area contributed by atoms with Gasteiger partial charge in [0.25, 0.3) is 5.91 Å². The van der Waals surface area contributed by atoms with Crippen LogP contribution in [0, 0.1) is 25.7 Å². The summed E-state index contributed by atoms with van der Waals surface area (Å²) in [6.07, 6.45) is 5.06. The van der Waals surface area contributed by atoms with Crippen molar-refractivity contribution in [3.05, 3.63) is 52.0 Å². The van der Waals surface area contributed by atoms with Gasteiger partial charge in [0.1, 0.15) is 29.8 Å². The van der Waals surface area contributed by atoms with Gasteiger partial charge in [-0.15, -0.1) is 0 Å². The molecule has 1 aromatic rings. The molecule has 41 heavy (non-hydrogen) atoms. The number of aliphatic hydroxyl groups is 1. The number of ether oxygens (including phenoxy) is 2. The maximum absolute atomic E-state index is 14.7. The molecule has 6 atom stereocenters. The van der Waals surface area contributed by atoms with Gasteiger partial charge < -0.3 is 29.7 Å². The van der Waals surface area contributed by atoms with E-state index >= 15 is 0 Å². The number of anilines is 1. The number of benzene rings is 1. The molecule has 1 aromatic carbocycles. The van der Waals surface area contributed by atoms with Crippen LogP contribution in [-0.2, 0) is 28.7 Å². The van der Waals surface area contributed by atoms with Crippen LogP contribution in [0.25, 0.3) is 0 Å². The molecule has 0 saturated carbocycles. The molecule has 0 aliphatic carbocycles. The molecule has 0 aromatic heterocycles. The van der Waals surface area contributed by atoms with Crippen LogP contribution in [-0.4, -0.2) is 83.8 Å². The predicted octanol–water partition coefficient (Wildman–Crippen LogP) is 2.29. The molecule has 5 bridgehead atoms. The Hall–Kier alpha value is -3.02. The summed E-state index contributed by atoms with van der Waals surface area (Å²) in [6.45, 7) is 5.86. The average molecular weight is 631 g/mol. The first kappa shape index (κ1) is 29.5. The van der Waals surface area contributed by atoms with Crippen LogP contribution in [0.1, 0.15) is 37.3 Å². The van der Waals surface area contributed by atoms with Crippen molar-refractivity contribution < 1.29 is 33.8 Å². The molecule has 3 amide bonds. The molecule has 4 heterocycles. The smallest absolute Gasteiger partial charge is 0.313 e. The minimum Gasteiger partial charge on any atom is -0.460 e. The van der Waals surface area contributed by atoms with E-state index in [1.165, 1.54) is 4.90 Å². The summed E-state index contributed by atoms with van der Waals surface area (Å²) in [6, 6.07) is 4.78. The summed E-state index contributed by atoms with van der Waals surface area (Å²) in [5.41, 5.74) is 1.16. The van der Waals surface area contributed by atoms with Crippen LogP contribution in [0.2, 0.25) is 0 Å². The fourth-order valence-corrected chi connectivity index (χ4v) is 7.12. The third kappa shape index (κ3) is 5.23. The van der Waals surface area contributed by atoms with E-state index in [1.807, 2.05) is 44.2 Å². The number of rotatable bonds is 4. The fourth-order valence-electron chi connectivity index (χ4n) is 6.39. The zero-order valence-electron chi connectivity index (χ0n) is 23.5. The number of aliphatic hydroxyl groups excluding tert-OH is 1. The highest BCUT2D eigenvalue weighted by Gasteiger charge is 2.74. The molecular formula is C30H36BrN3O7. The number of aryl methyl sites for hydroxylation is 2. The van der Waals surface area contributed by atoms with E-state index in [0.29, 0.717) is 16.6 Å². The van der Waals surface area contributed by atoms with E-state index in [0.717, 1.165) is 11.1 Å². The summed E-state index contributed by atoms with van der Waals surface area (Å²) in [5.74, 6) is -3.46. The van der Waals surface area contributed by atoms with Crippen molar-refractivity contribution in [2.45, 2.75) is 63.9 Å². The lowest BCUT2D eigenvalue weighted by molar-refractivity contribution is -0.158. The Labute approximate surface area is 247 Å². The van der Waals surface area contributed by atoms with Crippen LogP contribution >= 0.6 is 15.9 Å². The maximum atomic E-state index is 14.7. The van der Waals surface area contributed by atoms with Gasteiger partial charge in [-0.1, -0.05) is 40.2 Å². The van der Waals surface area contributed by atoms with Crippen LogP contribution in [0.3, 0.4) is 0 Å². The van der Waals surface area contributed by atoms with Gasteiger partial charge in [0.15, 0.2) is 0 Å². The van der Waals surface area contributed by atoms with E-state index in [2.05, 4.69) is 21.2 Å². The quantitative estimate of drug-likeness (QED) is 0.387. The summed E-state index contributed by atoms with van der Waals surface area (Å²) in [4.78, 5) is 57.9. The van der Waals surface area contributed by atoms with Crippen LogP contribution in [0.4, 0.5) is 5.69 Å². The highest BCUT2D eigenvalue weighted by molar-refractivity contribution is 9.11. The molecule has 11 heteroatoms. The van der Waals surface area contributed by atoms with E-state index in [4.69, 9.17) is 9.47 Å². The maximum Gasteiger partial charge on any atom is 0.313 e. The van der Waals surface area contributed by atoms with Gasteiger partial charge in [-0.25, -0.2) is 0 Å². The Kier molecular flexibility index (Phi) is 8.41. The third-order valence-electron chi connectivity index (χ3n) is 8.31. The number of cyclic esters (lactones) is 1. The number of fused-ring (bicyclic) bond motifs is 2. The first-order valence-electron chi connectivity index (χ1n) is 14.1. The zero-order chi connectivity index (χ0) is 29.5. The lowest BCUT2D eigenvalue weighted by Crippen LogP contribution is -2.56. The van der Waals surface area contributed by atoms with Gasteiger partial charge >= 0.3 is 5.97 Å². The Bertz CT molecular complexity index is 1310. The van der Waals surface area contributed by atoms with Crippen LogP contribution in [0.5, 0.6) is 0 Å². The number of amides is 3. The van der Waals surface area contributed by atoms with Crippen molar-refractivity contribution in [3.8, 4) is 0 Å². The highest BCUT2D eigenvalue weighted by Crippen LogP contribution is 2.59. The van der Waals surface area contributed by atoms with Gasteiger partial charge in [-0.2, -0.15) is 0 Å². The molecule has 5 rings (SSSR count). The van der Waals surface area contributed by atoms with Crippen molar-refractivity contribution in [1.29, 1.82) is 0 Å². The Morgan fingerprint density at radius 2 is 1.93 bits per heavy atom. The number of hydrogen-bond acceptors (Lipinski definition) is 7. The second-order valence-electron chi connectivity index (χ2n) is 11.2. The van der Waals surface area contributed by atoms with Gasteiger partial charge in [0, 0.05) is 36.3 Å². The summed E-state index contributed by atoms with van der Waals surface area (Å²) in [7, 11) is 0. The number of halogens is 1. The number of carbonyl (C=O) groups is 4. The topological polar surface area (TPSA) is 125 Å². The largest absolute Gasteiger partial charge is 0.460 e. The highest BCUT2D eigenvalue weighted by atomic mass is 79.9. The van der Waals surface area contributed by atoms with E-state index in [9.17, 15) is 24.3 Å². The summed E-state index contributed by atoms with van der Waals surface area (Å²) < 4.78 is 12.8. The standard InChI is InChI=1S/C30H36BrN3O7/c1-17-9-10-18(2)21(14-17)33-11-6-4-5-8-22(36)32-16-19(3)40-29(39)23-24-27(37)34(12-7-13-35)26(28(33)38)30(24)15-20(31)25(23)41-30/h4,6,9-10,14-15,19,23-26,35H,5,7-8,11-13,16H2,1-3H3,(H,32,36)/b6-4-/t19-,23+,24-,25+,26+,30-/m1/s1. The lowest BCUT2D eigenvalue weighted by Gasteiger charge is -2.36. The van der Waals surface area contributed by atoms with Gasteiger partial charge in [0.05, 0.1) is 12.5 Å². The summed E-state index contributed by atoms with van der Waals surface area (Å²) >= 11 is 3.54. The monoisotopic (exact) mass is 629 g/mol. The van der Waals surface area contributed by atoms with E-state index in [-0.39, 0.29) is 56.8 Å². The van der Waals surface area contributed by atoms with Gasteiger partial charge in [0.2, 0.25) is 11.8 Å². The summed E-state index contributed by atoms with van der Waals surface area (Å²) in [5, 5.41) is 12.4. The van der Waals surface area contributed by atoms with Crippen LogP contribution < -0.4 is 10.2 Å². The predicted molar refractivity (Wildman–Crippen MR) is 154 cm³/mol. The molecule has 220 valence electrons. The lowest BCUT2D eigenvalue weighted by atomic mass is 9.74.